The van der Waals surface area contributed by atoms with E-state index in [1.54, 1.807) is 11.3 Å². The van der Waals surface area contributed by atoms with Crippen LogP contribution in [0.5, 0.6) is 0 Å². The lowest BCUT2D eigenvalue weighted by molar-refractivity contribution is 0.178. The number of rotatable bonds is 3. The monoisotopic (exact) mass is 390 g/mol. The average molecular weight is 391 g/mol. The Morgan fingerprint density at radius 1 is 1.35 bits per heavy atom. The molecule has 1 atom stereocenters. The molecule has 0 radical (unpaired) electrons. The Labute approximate surface area is 148 Å². The van der Waals surface area contributed by atoms with Gasteiger partial charge in [0.15, 0.2) is 5.82 Å². The van der Waals surface area contributed by atoms with Gasteiger partial charge in [0.05, 0.1) is 0 Å². The Bertz CT molecular complexity index is 825. The van der Waals surface area contributed by atoms with Crippen LogP contribution in [0.1, 0.15) is 24.6 Å². The molecule has 1 aliphatic heterocycles. The van der Waals surface area contributed by atoms with Gasteiger partial charge in [-0.1, -0.05) is 46.3 Å². The van der Waals surface area contributed by atoms with Crippen molar-refractivity contribution in [3.8, 4) is 11.4 Å². The molecular weight excluding hydrogens is 372 g/mol. The van der Waals surface area contributed by atoms with Crippen molar-refractivity contribution in [3.05, 3.63) is 39.8 Å². The van der Waals surface area contributed by atoms with Crippen molar-refractivity contribution < 1.29 is 0 Å². The number of benzene rings is 1. The Morgan fingerprint density at radius 2 is 2.26 bits per heavy atom. The predicted molar refractivity (Wildman–Crippen MR) is 97.7 cm³/mol. The number of nitrogens with zero attached hydrogens (tertiary/aromatic N) is 4. The van der Waals surface area contributed by atoms with Crippen LogP contribution in [-0.2, 0) is 6.54 Å². The first-order valence-electron chi connectivity index (χ1n) is 8.01. The molecule has 3 heterocycles. The molecule has 120 valence electrons. The standard InChI is InChI=1S/C17H19BrN4S/c1-12-4-3-7-21(9-12)10-15-11-22-16(19-20-17(22)23-15)13-5-2-6-14(18)8-13/h2,5-6,8,11-12H,3-4,7,9-10H2,1H3/t12-/m0/s1. The molecule has 2 aromatic heterocycles. The van der Waals surface area contributed by atoms with Gasteiger partial charge in [0, 0.05) is 34.2 Å². The minimum absolute atomic E-state index is 0.812. The molecule has 4 rings (SSSR count). The first-order valence-corrected chi connectivity index (χ1v) is 9.62. The van der Waals surface area contributed by atoms with E-state index in [0.717, 1.165) is 33.3 Å². The van der Waals surface area contributed by atoms with E-state index in [1.165, 1.54) is 30.8 Å². The third kappa shape index (κ3) is 3.20. The van der Waals surface area contributed by atoms with E-state index in [4.69, 9.17) is 0 Å². The predicted octanol–water partition coefficient (Wildman–Crippen LogP) is 4.45. The van der Waals surface area contributed by atoms with Crippen LogP contribution < -0.4 is 0 Å². The van der Waals surface area contributed by atoms with Gasteiger partial charge in [-0.25, -0.2) is 0 Å². The third-order valence-electron chi connectivity index (χ3n) is 4.36. The largest absolute Gasteiger partial charge is 0.298 e. The van der Waals surface area contributed by atoms with Crippen LogP contribution in [0.25, 0.3) is 16.3 Å². The number of fused-ring (bicyclic) bond motifs is 1. The van der Waals surface area contributed by atoms with Gasteiger partial charge in [0.2, 0.25) is 4.96 Å². The zero-order chi connectivity index (χ0) is 15.8. The lowest BCUT2D eigenvalue weighted by atomic mass is 10.0. The summed E-state index contributed by atoms with van der Waals surface area (Å²) in [5.74, 6) is 1.72. The second kappa shape index (κ2) is 6.34. The van der Waals surface area contributed by atoms with Gasteiger partial charge in [-0.3, -0.25) is 9.30 Å². The van der Waals surface area contributed by atoms with Crippen molar-refractivity contribution in [3.63, 3.8) is 0 Å². The van der Waals surface area contributed by atoms with Gasteiger partial charge in [-0.2, -0.15) is 0 Å². The number of piperidine rings is 1. The summed E-state index contributed by atoms with van der Waals surface area (Å²) in [4.78, 5) is 4.89. The molecule has 4 nitrogen and oxygen atoms in total. The van der Waals surface area contributed by atoms with Crippen molar-refractivity contribution in [2.45, 2.75) is 26.3 Å². The Hall–Kier alpha value is -1.24. The molecule has 1 aromatic carbocycles. The SMILES string of the molecule is C[C@H]1CCCN(Cc2cn3c(-c4cccc(Br)c4)nnc3s2)C1. The highest BCUT2D eigenvalue weighted by Crippen LogP contribution is 2.27. The van der Waals surface area contributed by atoms with Crippen LogP contribution in [0.3, 0.4) is 0 Å². The number of hydrogen-bond donors (Lipinski definition) is 0. The van der Waals surface area contributed by atoms with Gasteiger partial charge >= 0.3 is 0 Å². The quantitative estimate of drug-likeness (QED) is 0.661. The summed E-state index contributed by atoms with van der Waals surface area (Å²) in [6.07, 6.45) is 4.88. The van der Waals surface area contributed by atoms with Crippen LogP contribution >= 0.6 is 27.3 Å². The lowest BCUT2D eigenvalue weighted by Crippen LogP contribution is -2.33. The highest BCUT2D eigenvalue weighted by Gasteiger charge is 2.18. The van der Waals surface area contributed by atoms with E-state index in [0.29, 0.717) is 0 Å². The molecule has 0 saturated carbocycles. The van der Waals surface area contributed by atoms with Crippen LogP contribution in [0.2, 0.25) is 0 Å². The van der Waals surface area contributed by atoms with Crippen molar-refractivity contribution >= 4 is 32.2 Å². The van der Waals surface area contributed by atoms with E-state index in [9.17, 15) is 0 Å². The summed E-state index contributed by atoms with van der Waals surface area (Å²) in [6.45, 7) is 5.79. The van der Waals surface area contributed by atoms with Crippen LogP contribution in [0, 0.1) is 5.92 Å². The van der Waals surface area contributed by atoms with E-state index in [-0.39, 0.29) is 0 Å². The van der Waals surface area contributed by atoms with Crippen molar-refractivity contribution in [1.29, 1.82) is 0 Å². The maximum absolute atomic E-state index is 4.36. The summed E-state index contributed by atoms with van der Waals surface area (Å²) in [6, 6.07) is 8.21. The highest BCUT2D eigenvalue weighted by atomic mass is 79.9. The summed E-state index contributed by atoms with van der Waals surface area (Å²) in [5.41, 5.74) is 1.09. The molecule has 0 spiro atoms. The van der Waals surface area contributed by atoms with Crippen LogP contribution in [0.4, 0.5) is 0 Å². The third-order valence-corrected chi connectivity index (χ3v) is 5.81. The molecule has 1 aliphatic rings. The zero-order valence-corrected chi connectivity index (χ0v) is 15.5. The smallest absolute Gasteiger partial charge is 0.216 e. The topological polar surface area (TPSA) is 33.4 Å². The first kappa shape index (κ1) is 15.3. The van der Waals surface area contributed by atoms with E-state index in [2.05, 4.69) is 60.7 Å². The number of likely N-dealkylation sites (tertiary alicyclic amines) is 1. The van der Waals surface area contributed by atoms with Gasteiger partial charge in [-0.05, 0) is 37.4 Å². The molecule has 0 amide bonds. The van der Waals surface area contributed by atoms with Crippen molar-refractivity contribution in [2.75, 3.05) is 13.1 Å². The highest BCUT2D eigenvalue weighted by molar-refractivity contribution is 9.10. The molecule has 1 saturated heterocycles. The summed E-state index contributed by atoms with van der Waals surface area (Å²) >= 11 is 5.27. The fourth-order valence-corrected chi connectivity index (χ4v) is 4.66. The minimum atomic E-state index is 0.812. The maximum Gasteiger partial charge on any atom is 0.216 e. The van der Waals surface area contributed by atoms with Gasteiger partial charge in [0.25, 0.3) is 0 Å². The van der Waals surface area contributed by atoms with E-state index >= 15 is 0 Å². The molecule has 0 N–H and O–H groups in total. The Morgan fingerprint density at radius 3 is 3.09 bits per heavy atom. The second-order valence-electron chi connectivity index (χ2n) is 6.37. The maximum atomic E-state index is 4.36. The molecular formula is C17H19BrN4S. The number of aromatic nitrogens is 3. The molecule has 0 unspecified atom stereocenters. The number of hydrogen-bond acceptors (Lipinski definition) is 4. The van der Waals surface area contributed by atoms with E-state index in [1.807, 2.05) is 12.1 Å². The van der Waals surface area contributed by atoms with Crippen molar-refractivity contribution in [2.24, 2.45) is 5.92 Å². The second-order valence-corrected chi connectivity index (χ2v) is 8.38. The average Bonchev–Trinajstić information content (AvgIpc) is 3.07. The molecule has 0 bridgehead atoms. The molecule has 3 aromatic rings. The molecule has 6 heteroatoms. The minimum Gasteiger partial charge on any atom is -0.298 e. The molecule has 1 fully saturated rings. The van der Waals surface area contributed by atoms with Crippen LogP contribution in [0.15, 0.2) is 34.9 Å². The zero-order valence-electron chi connectivity index (χ0n) is 13.1. The fourth-order valence-electron chi connectivity index (χ4n) is 3.30. The van der Waals surface area contributed by atoms with Crippen molar-refractivity contribution in [1.82, 2.24) is 19.5 Å². The van der Waals surface area contributed by atoms with Gasteiger partial charge < -0.3 is 0 Å². The van der Waals surface area contributed by atoms with Gasteiger partial charge in [0.1, 0.15) is 0 Å². The number of halogens is 1. The molecule has 23 heavy (non-hydrogen) atoms. The summed E-state index contributed by atoms with van der Waals surface area (Å²) < 4.78 is 3.18. The Kier molecular flexibility index (Phi) is 4.22. The molecule has 0 aliphatic carbocycles. The number of thiazole rings is 1. The lowest BCUT2D eigenvalue weighted by Gasteiger charge is -2.30. The summed E-state index contributed by atoms with van der Waals surface area (Å²) in [7, 11) is 0. The Balaban J connectivity index is 1.61. The van der Waals surface area contributed by atoms with E-state index < -0.39 is 0 Å². The first-order chi connectivity index (χ1) is 11.2. The summed E-state index contributed by atoms with van der Waals surface area (Å²) in [5, 5.41) is 8.71. The van der Waals surface area contributed by atoms with Crippen LogP contribution in [-0.4, -0.2) is 32.6 Å². The normalized spacial score (nSPS) is 19.5. The fraction of sp³-hybridized carbons (Fsp3) is 0.412. The van der Waals surface area contributed by atoms with Gasteiger partial charge in [-0.15, -0.1) is 10.2 Å².